The lowest BCUT2D eigenvalue weighted by Gasteiger charge is -2.17. The molecular weight excluding hydrogens is 320 g/mol. The average molecular weight is 339 g/mol. The fourth-order valence-corrected chi connectivity index (χ4v) is 3.89. The summed E-state index contributed by atoms with van der Waals surface area (Å²) in [6.45, 7) is 0. The number of amides is 1. The fourth-order valence-electron chi connectivity index (χ4n) is 3.71. The number of nitrogens with zero attached hydrogens (tertiary/aromatic N) is 1. The number of benzene rings is 2. The number of carbonyl (C=O) groups excluding carboxylic acids is 1. The molecule has 3 nitrogen and oxygen atoms in total. The zero-order valence-corrected chi connectivity index (χ0v) is 14.1. The van der Waals surface area contributed by atoms with E-state index in [9.17, 15) is 4.79 Å². The molecule has 2 aromatic carbocycles. The lowest BCUT2D eigenvalue weighted by Crippen LogP contribution is -2.31. The van der Waals surface area contributed by atoms with Crippen LogP contribution in [0.15, 0.2) is 53.5 Å². The van der Waals surface area contributed by atoms with Crippen LogP contribution >= 0.6 is 11.6 Å². The van der Waals surface area contributed by atoms with Gasteiger partial charge in [0.15, 0.2) is 0 Å². The first kappa shape index (κ1) is 15.4. The molecule has 122 valence electrons. The van der Waals surface area contributed by atoms with E-state index in [1.54, 1.807) is 6.07 Å². The van der Waals surface area contributed by atoms with Crippen molar-refractivity contribution in [2.45, 2.75) is 31.7 Å². The second-order valence-corrected chi connectivity index (χ2v) is 6.95. The van der Waals surface area contributed by atoms with Crippen LogP contribution in [-0.4, -0.2) is 17.7 Å². The largest absolute Gasteiger partial charge is 0.324 e. The highest BCUT2D eigenvalue weighted by Gasteiger charge is 2.33. The van der Waals surface area contributed by atoms with Gasteiger partial charge < -0.3 is 5.32 Å². The van der Waals surface area contributed by atoms with Crippen molar-refractivity contribution in [1.82, 2.24) is 0 Å². The number of nitrogens with one attached hydrogen (secondary N) is 1. The summed E-state index contributed by atoms with van der Waals surface area (Å²) in [6.07, 6.45) is 4.51. The molecule has 24 heavy (non-hydrogen) atoms. The summed E-state index contributed by atoms with van der Waals surface area (Å²) in [5.74, 6) is 0.324. The molecule has 4 heteroatoms. The van der Waals surface area contributed by atoms with Crippen molar-refractivity contribution in [1.29, 1.82) is 0 Å². The van der Waals surface area contributed by atoms with Gasteiger partial charge in [0, 0.05) is 16.1 Å². The van der Waals surface area contributed by atoms with Crippen LogP contribution in [0, 0.1) is 5.92 Å². The van der Waals surface area contributed by atoms with Gasteiger partial charge in [0.25, 0.3) is 0 Å². The summed E-state index contributed by atoms with van der Waals surface area (Å²) in [7, 11) is 0. The first-order chi connectivity index (χ1) is 11.7. The van der Waals surface area contributed by atoms with Gasteiger partial charge in [-0.15, -0.1) is 0 Å². The molecule has 1 atom stereocenters. The highest BCUT2D eigenvalue weighted by Crippen LogP contribution is 2.34. The van der Waals surface area contributed by atoms with Gasteiger partial charge in [-0.3, -0.25) is 9.79 Å². The van der Waals surface area contributed by atoms with Crippen molar-refractivity contribution >= 4 is 28.9 Å². The SMILES string of the molecule is O=C1Nc2ccc(Cl)cc2C(c2ccccc2)=NC1C1CCCC1. The molecule has 0 spiro atoms. The Labute approximate surface area is 146 Å². The molecule has 1 heterocycles. The summed E-state index contributed by atoms with van der Waals surface area (Å²) < 4.78 is 0. The van der Waals surface area contributed by atoms with Gasteiger partial charge in [-0.1, -0.05) is 54.8 Å². The van der Waals surface area contributed by atoms with E-state index >= 15 is 0 Å². The number of aliphatic imine (C=N–C) groups is 1. The Morgan fingerprint density at radius 2 is 1.79 bits per heavy atom. The molecule has 2 aliphatic rings. The van der Waals surface area contributed by atoms with Crippen LogP contribution in [0.25, 0.3) is 0 Å². The first-order valence-corrected chi connectivity index (χ1v) is 8.84. The monoisotopic (exact) mass is 338 g/mol. The lowest BCUT2D eigenvalue weighted by molar-refractivity contribution is -0.118. The van der Waals surface area contributed by atoms with Gasteiger partial charge in [-0.2, -0.15) is 0 Å². The molecule has 1 fully saturated rings. The topological polar surface area (TPSA) is 41.5 Å². The minimum Gasteiger partial charge on any atom is -0.324 e. The highest BCUT2D eigenvalue weighted by atomic mass is 35.5. The molecule has 1 aliphatic carbocycles. The van der Waals surface area contributed by atoms with E-state index in [4.69, 9.17) is 16.6 Å². The van der Waals surface area contributed by atoms with Gasteiger partial charge in [0.2, 0.25) is 5.91 Å². The molecule has 0 saturated heterocycles. The normalized spacial score (nSPS) is 21.0. The van der Waals surface area contributed by atoms with Gasteiger partial charge in [-0.05, 0) is 37.0 Å². The summed E-state index contributed by atoms with van der Waals surface area (Å²) in [4.78, 5) is 17.7. The molecule has 2 aromatic rings. The Balaban J connectivity index is 1.87. The maximum Gasteiger partial charge on any atom is 0.249 e. The predicted octanol–water partition coefficient (Wildman–Crippen LogP) is 4.69. The van der Waals surface area contributed by atoms with Crippen LogP contribution < -0.4 is 5.32 Å². The van der Waals surface area contributed by atoms with E-state index in [1.807, 2.05) is 42.5 Å². The summed E-state index contributed by atoms with van der Waals surface area (Å²) in [6, 6.07) is 15.3. The molecule has 0 radical (unpaired) electrons. The van der Waals surface area contributed by atoms with Crippen LogP contribution in [0.3, 0.4) is 0 Å². The Morgan fingerprint density at radius 3 is 2.54 bits per heavy atom. The van der Waals surface area contributed by atoms with Crippen molar-refractivity contribution in [2.75, 3.05) is 5.32 Å². The van der Waals surface area contributed by atoms with Crippen molar-refractivity contribution < 1.29 is 4.79 Å². The second kappa shape index (κ2) is 6.40. The fraction of sp³-hybridized carbons (Fsp3) is 0.300. The standard InChI is InChI=1S/C20H19ClN2O/c21-15-10-11-17-16(12-15)18(13-6-2-1-3-7-13)23-19(20(24)22-17)14-8-4-5-9-14/h1-3,6-7,10-12,14,19H,4-5,8-9H2,(H,22,24). The molecule has 1 N–H and O–H groups in total. The molecule has 0 aromatic heterocycles. The molecule has 1 amide bonds. The van der Waals surface area contributed by atoms with Crippen LogP contribution in [-0.2, 0) is 4.79 Å². The van der Waals surface area contributed by atoms with Crippen LogP contribution in [0.1, 0.15) is 36.8 Å². The smallest absolute Gasteiger partial charge is 0.249 e. The van der Waals surface area contributed by atoms with E-state index in [0.29, 0.717) is 10.9 Å². The molecule has 1 saturated carbocycles. The molecular formula is C20H19ClN2O. The van der Waals surface area contributed by atoms with E-state index in [1.165, 1.54) is 12.8 Å². The zero-order chi connectivity index (χ0) is 16.5. The quantitative estimate of drug-likeness (QED) is 0.848. The number of benzodiazepines with no additional fused rings is 1. The third-order valence-corrected chi connectivity index (χ3v) is 5.16. The third kappa shape index (κ3) is 2.84. The molecule has 4 rings (SSSR count). The maximum absolute atomic E-state index is 12.8. The van der Waals surface area contributed by atoms with Crippen molar-refractivity contribution in [3.8, 4) is 0 Å². The van der Waals surface area contributed by atoms with Gasteiger partial charge in [-0.25, -0.2) is 0 Å². The zero-order valence-electron chi connectivity index (χ0n) is 13.3. The summed E-state index contributed by atoms with van der Waals surface area (Å²) >= 11 is 6.21. The number of carbonyl (C=O) groups is 1. The number of hydrogen-bond acceptors (Lipinski definition) is 2. The van der Waals surface area contributed by atoms with Crippen LogP contribution in [0.5, 0.6) is 0 Å². The Morgan fingerprint density at radius 1 is 1.04 bits per heavy atom. The Kier molecular flexibility index (Phi) is 4.11. The van der Waals surface area contributed by atoms with Gasteiger partial charge >= 0.3 is 0 Å². The van der Waals surface area contributed by atoms with E-state index in [2.05, 4.69) is 5.32 Å². The number of rotatable bonds is 2. The Bertz CT molecular complexity index is 795. The Hall–Kier alpha value is -2.13. The maximum atomic E-state index is 12.8. The molecule has 0 bridgehead atoms. The number of anilines is 1. The van der Waals surface area contributed by atoms with Crippen LogP contribution in [0.4, 0.5) is 5.69 Å². The average Bonchev–Trinajstić information content (AvgIpc) is 3.08. The van der Waals surface area contributed by atoms with Gasteiger partial charge in [0.05, 0.1) is 11.4 Å². The summed E-state index contributed by atoms with van der Waals surface area (Å²) in [5, 5.41) is 3.71. The minimum atomic E-state index is -0.325. The third-order valence-electron chi connectivity index (χ3n) is 4.92. The predicted molar refractivity (Wildman–Crippen MR) is 97.9 cm³/mol. The van der Waals surface area contributed by atoms with E-state index in [-0.39, 0.29) is 11.9 Å². The molecule has 1 unspecified atom stereocenters. The van der Waals surface area contributed by atoms with Gasteiger partial charge in [0.1, 0.15) is 6.04 Å². The van der Waals surface area contributed by atoms with E-state index in [0.717, 1.165) is 35.4 Å². The van der Waals surface area contributed by atoms with Crippen molar-refractivity contribution in [3.05, 3.63) is 64.7 Å². The lowest BCUT2D eigenvalue weighted by atomic mass is 9.97. The van der Waals surface area contributed by atoms with Crippen molar-refractivity contribution in [2.24, 2.45) is 10.9 Å². The summed E-state index contributed by atoms with van der Waals surface area (Å²) in [5.41, 5.74) is 3.54. The molecule has 1 aliphatic heterocycles. The minimum absolute atomic E-state index is 0.00333. The first-order valence-electron chi connectivity index (χ1n) is 8.46. The second-order valence-electron chi connectivity index (χ2n) is 6.51. The van der Waals surface area contributed by atoms with Crippen LogP contribution in [0.2, 0.25) is 5.02 Å². The number of halogens is 1. The van der Waals surface area contributed by atoms with Crippen molar-refractivity contribution in [3.63, 3.8) is 0 Å². The van der Waals surface area contributed by atoms with E-state index < -0.39 is 0 Å². The number of hydrogen-bond donors (Lipinski definition) is 1. The highest BCUT2D eigenvalue weighted by molar-refractivity contribution is 6.32. The number of fused-ring (bicyclic) bond motifs is 1.